The van der Waals surface area contributed by atoms with Crippen LogP contribution in [0.3, 0.4) is 0 Å². The van der Waals surface area contributed by atoms with Gasteiger partial charge in [0.05, 0.1) is 0 Å². The maximum absolute atomic E-state index is 12.0. The van der Waals surface area contributed by atoms with Crippen LogP contribution in [0.25, 0.3) is 0 Å². The van der Waals surface area contributed by atoms with E-state index >= 15 is 0 Å². The molecule has 1 aliphatic rings. The van der Waals surface area contributed by atoms with Crippen LogP contribution in [0.4, 0.5) is 5.69 Å². The Kier molecular flexibility index (Phi) is 3.96. The molecular formula is C17H19N3O2. The summed E-state index contributed by atoms with van der Waals surface area (Å²) >= 11 is 0. The van der Waals surface area contributed by atoms with Crippen LogP contribution >= 0.6 is 0 Å². The van der Waals surface area contributed by atoms with E-state index in [1.54, 1.807) is 19.3 Å². The van der Waals surface area contributed by atoms with E-state index in [-0.39, 0.29) is 11.5 Å². The number of carbonyl (C=O) groups is 1. The molecule has 5 nitrogen and oxygen atoms in total. The maximum atomic E-state index is 12.0. The molecule has 0 radical (unpaired) electrons. The minimum Gasteiger partial charge on any atom is -0.369 e. The molecular weight excluding hydrogens is 278 g/mol. The minimum atomic E-state index is -0.204. The number of aromatic nitrogens is 1. The molecule has 0 saturated heterocycles. The summed E-state index contributed by atoms with van der Waals surface area (Å²) in [6, 6.07) is 11.4. The summed E-state index contributed by atoms with van der Waals surface area (Å²) in [6.45, 7) is 2.32. The zero-order chi connectivity index (χ0) is 15.5. The number of pyridine rings is 1. The average molecular weight is 297 g/mol. The molecule has 114 valence electrons. The number of carbonyl (C=O) groups excluding carboxylic acids is 1. The Bertz CT molecular complexity index is 752. The predicted octanol–water partition coefficient (Wildman–Crippen LogP) is 1.18. The number of hydrogen-bond acceptors (Lipinski definition) is 3. The van der Waals surface area contributed by atoms with Crippen LogP contribution in [0.5, 0.6) is 0 Å². The summed E-state index contributed by atoms with van der Waals surface area (Å²) in [7, 11) is 1.66. The largest absolute Gasteiger partial charge is 0.369 e. The number of aryl methyl sites for hydroxylation is 1. The third-order valence-electron chi connectivity index (χ3n) is 4.02. The van der Waals surface area contributed by atoms with Crippen LogP contribution in [0.15, 0.2) is 47.4 Å². The molecule has 0 atom stereocenters. The second kappa shape index (κ2) is 6.05. The fourth-order valence-corrected chi connectivity index (χ4v) is 2.74. The number of para-hydroxylation sites is 1. The smallest absolute Gasteiger partial charge is 0.251 e. The molecule has 22 heavy (non-hydrogen) atoms. The van der Waals surface area contributed by atoms with Gasteiger partial charge in [-0.05, 0) is 24.1 Å². The number of hydrogen-bond donors (Lipinski definition) is 1. The van der Waals surface area contributed by atoms with Crippen LogP contribution in [-0.4, -0.2) is 30.1 Å². The molecule has 0 bridgehead atoms. The van der Waals surface area contributed by atoms with Crippen molar-refractivity contribution in [3.05, 3.63) is 64.1 Å². The summed E-state index contributed by atoms with van der Waals surface area (Å²) in [4.78, 5) is 25.9. The normalized spacial score (nSPS) is 13.0. The second-order valence-corrected chi connectivity index (χ2v) is 5.49. The van der Waals surface area contributed by atoms with Gasteiger partial charge in [0.15, 0.2) is 0 Å². The molecule has 0 saturated carbocycles. The van der Waals surface area contributed by atoms with Gasteiger partial charge in [0.1, 0.15) is 0 Å². The summed E-state index contributed by atoms with van der Waals surface area (Å²) in [5.41, 5.74) is 2.84. The molecule has 0 unspecified atom stereocenters. The van der Waals surface area contributed by atoms with E-state index in [0.29, 0.717) is 12.1 Å². The highest BCUT2D eigenvalue weighted by Crippen LogP contribution is 2.26. The molecule has 0 fully saturated rings. The molecule has 1 N–H and O–H groups in total. The molecule has 2 heterocycles. The van der Waals surface area contributed by atoms with E-state index < -0.39 is 0 Å². The van der Waals surface area contributed by atoms with E-state index in [9.17, 15) is 9.59 Å². The van der Waals surface area contributed by atoms with Gasteiger partial charge in [-0.2, -0.15) is 0 Å². The fourth-order valence-electron chi connectivity index (χ4n) is 2.74. The topological polar surface area (TPSA) is 54.3 Å². The minimum absolute atomic E-state index is 0.180. The van der Waals surface area contributed by atoms with Crippen molar-refractivity contribution in [3.8, 4) is 0 Å². The van der Waals surface area contributed by atoms with Crippen LogP contribution in [0.2, 0.25) is 0 Å². The van der Waals surface area contributed by atoms with Crippen molar-refractivity contribution in [1.82, 2.24) is 9.88 Å². The molecule has 0 aliphatic carbocycles. The third-order valence-corrected chi connectivity index (χ3v) is 4.02. The van der Waals surface area contributed by atoms with Gasteiger partial charge in [-0.3, -0.25) is 9.59 Å². The van der Waals surface area contributed by atoms with Gasteiger partial charge in [-0.15, -0.1) is 0 Å². The first kappa shape index (κ1) is 14.4. The molecule has 1 aliphatic heterocycles. The zero-order valence-electron chi connectivity index (χ0n) is 12.6. The van der Waals surface area contributed by atoms with Gasteiger partial charge in [0.25, 0.3) is 11.5 Å². The SMILES string of the molecule is Cn1ccc(C(=O)NCCN2CCc3ccccc32)cc1=O. The number of amides is 1. The molecule has 1 aromatic carbocycles. The van der Waals surface area contributed by atoms with E-state index in [1.165, 1.54) is 21.9 Å². The van der Waals surface area contributed by atoms with Gasteiger partial charge in [-0.25, -0.2) is 0 Å². The monoisotopic (exact) mass is 297 g/mol. The molecule has 5 heteroatoms. The lowest BCUT2D eigenvalue weighted by molar-refractivity contribution is 0.0954. The Labute approximate surface area is 129 Å². The molecule has 1 aromatic heterocycles. The van der Waals surface area contributed by atoms with Crippen molar-refractivity contribution < 1.29 is 4.79 Å². The maximum Gasteiger partial charge on any atom is 0.251 e. The van der Waals surface area contributed by atoms with E-state index in [0.717, 1.165) is 19.5 Å². The lowest BCUT2D eigenvalue weighted by atomic mass is 10.2. The highest BCUT2D eigenvalue weighted by atomic mass is 16.2. The van der Waals surface area contributed by atoms with Gasteiger partial charge < -0.3 is 14.8 Å². The highest BCUT2D eigenvalue weighted by molar-refractivity contribution is 5.93. The Morgan fingerprint density at radius 3 is 2.91 bits per heavy atom. The summed E-state index contributed by atoms with van der Waals surface area (Å²) < 4.78 is 1.44. The first-order valence-electron chi connectivity index (χ1n) is 7.43. The third kappa shape index (κ3) is 2.88. The van der Waals surface area contributed by atoms with Crippen molar-refractivity contribution in [3.63, 3.8) is 0 Å². The van der Waals surface area contributed by atoms with Crippen molar-refractivity contribution in [2.24, 2.45) is 7.05 Å². The lowest BCUT2D eigenvalue weighted by Gasteiger charge is -2.19. The number of fused-ring (bicyclic) bond motifs is 1. The number of anilines is 1. The highest BCUT2D eigenvalue weighted by Gasteiger charge is 2.17. The fraction of sp³-hybridized carbons (Fsp3) is 0.294. The zero-order valence-corrected chi connectivity index (χ0v) is 12.6. The summed E-state index contributed by atoms with van der Waals surface area (Å²) in [5.74, 6) is -0.204. The Hall–Kier alpha value is -2.56. The standard InChI is InChI=1S/C17H19N3O2/c1-19-9-6-14(12-16(19)21)17(22)18-8-11-20-10-7-13-4-2-3-5-15(13)20/h2-6,9,12H,7-8,10-11H2,1H3,(H,18,22). The van der Waals surface area contributed by atoms with E-state index in [2.05, 4.69) is 28.4 Å². The van der Waals surface area contributed by atoms with Crippen LogP contribution in [0.1, 0.15) is 15.9 Å². The van der Waals surface area contributed by atoms with E-state index in [4.69, 9.17) is 0 Å². The van der Waals surface area contributed by atoms with Gasteiger partial charge >= 0.3 is 0 Å². The lowest BCUT2D eigenvalue weighted by Crippen LogP contribution is -2.34. The van der Waals surface area contributed by atoms with Gasteiger partial charge in [0.2, 0.25) is 0 Å². The quantitative estimate of drug-likeness (QED) is 0.922. The molecule has 0 spiro atoms. The van der Waals surface area contributed by atoms with Crippen molar-refractivity contribution in [2.75, 3.05) is 24.5 Å². The van der Waals surface area contributed by atoms with Gasteiger partial charge in [0, 0.05) is 50.2 Å². The first-order chi connectivity index (χ1) is 10.6. The Balaban J connectivity index is 1.56. The summed E-state index contributed by atoms with van der Waals surface area (Å²) in [5, 5.41) is 2.87. The average Bonchev–Trinajstić information content (AvgIpc) is 2.93. The number of rotatable bonds is 4. The van der Waals surface area contributed by atoms with Crippen LogP contribution in [-0.2, 0) is 13.5 Å². The van der Waals surface area contributed by atoms with Crippen molar-refractivity contribution in [1.29, 1.82) is 0 Å². The molecule has 1 amide bonds. The molecule has 2 aromatic rings. The predicted molar refractivity (Wildman–Crippen MR) is 86.4 cm³/mol. The van der Waals surface area contributed by atoms with Crippen LogP contribution < -0.4 is 15.8 Å². The number of nitrogens with one attached hydrogen (secondary N) is 1. The van der Waals surface area contributed by atoms with E-state index in [1.807, 2.05) is 6.07 Å². The Morgan fingerprint density at radius 2 is 2.09 bits per heavy atom. The molecule has 3 rings (SSSR count). The first-order valence-corrected chi connectivity index (χ1v) is 7.43. The van der Waals surface area contributed by atoms with Crippen molar-refractivity contribution in [2.45, 2.75) is 6.42 Å². The number of benzene rings is 1. The number of nitrogens with zero attached hydrogens (tertiary/aromatic N) is 2. The summed E-state index contributed by atoms with van der Waals surface area (Å²) in [6.07, 6.45) is 2.66. The Morgan fingerprint density at radius 1 is 1.27 bits per heavy atom. The second-order valence-electron chi connectivity index (χ2n) is 5.49. The van der Waals surface area contributed by atoms with Crippen molar-refractivity contribution >= 4 is 11.6 Å². The van der Waals surface area contributed by atoms with Crippen LogP contribution in [0, 0.1) is 0 Å². The van der Waals surface area contributed by atoms with Gasteiger partial charge in [-0.1, -0.05) is 18.2 Å².